The summed E-state index contributed by atoms with van der Waals surface area (Å²) in [5, 5.41) is 8.45. The molecule has 0 aliphatic heterocycles. The van der Waals surface area contributed by atoms with Crippen molar-refractivity contribution < 1.29 is 4.74 Å². The molecule has 2 aliphatic rings. The zero-order chi connectivity index (χ0) is 19.2. The standard InChI is InChI=1S/C25H41NO/c1-2-3-7-10-22-12-14-24(15-13-22)21-27-25-18-16-23(17-19-25)11-8-5-4-6-9-20-26/h4-6,9,22-25H,2-3,7-8,10-19,21H2,1H3/t22-,23?,24-,25?. The Bertz CT molecular complexity index is 459. The first-order valence-corrected chi connectivity index (χ1v) is 11.6. The van der Waals surface area contributed by atoms with Crippen LogP contribution in [-0.2, 0) is 4.74 Å². The third-order valence-electron chi connectivity index (χ3n) is 6.70. The number of hydrogen-bond acceptors (Lipinski definition) is 2. The summed E-state index contributed by atoms with van der Waals surface area (Å²) >= 11 is 0. The molecule has 27 heavy (non-hydrogen) atoms. The monoisotopic (exact) mass is 371 g/mol. The summed E-state index contributed by atoms with van der Waals surface area (Å²) in [6.45, 7) is 3.32. The van der Waals surface area contributed by atoms with Crippen molar-refractivity contribution in [3.05, 3.63) is 24.3 Å². The smallest absolute Gasteiger partial charge is 0.0912 e. The lowest BCUT2D eigenvalue weighted by molar-refractivity contribution is -0.0102. The Morgan fingerprint density at radius 2 is 1.52 bits per heavy atom. The van der Waals surface area contributed by atoms with Crippen LogP contribution >= 0.6 is 0 Å². The normalized spacial score (nSPS) is 29.3. The molecule has 2 rings (SSSR count). The van der Waals surface area contributed by atoms with Gasteiger partial charge in [0.15, 0.2) is 0 Å². The van der Waals surface area contributed by atoms with E-state index < -0.39 is 0 Å². The molecule has 2 nitrogen and oxygen atoms in total. The molecule has 2 fully saturated rings. The molecule has 0 aromatic carbocycles. The topological polar surface area (TPSA) is 33.0 Å². The highest BCUT2D eigenvalue weighted by molar-refractivity contribution is 5.11. The Kier molecular flexibility index (Phi) is 11.5. The Balaban J connectivity index is 1.50. The average molecular weight is 372 g/mol. The van der Waals surface area contributed by atoms with Gasteiger partial charge >= 0.3 is 0 Å². The summed E-state index contributed by atoms with van der Waals surface area (Å²) in [4.78, 5) is 0. The molecule has 0 bridgehead atoms. The van der Waals surface area contributed by atoms with E-state index in [1.165, 1.54) is 89.5 Å². The molecule has 0 aromatic rings. The van der Waals surface area contributed by atoms with Gasteiger partial charge in [0.2, 0.25) is 0 Å². The highest BCUT2D eigenvalue weighted by Gasteiger charge is 2.24. The maximum atomic E-state index is 8.45. The number of rotatable bonds is 11. The minimum absolute atomic E-state index is 0.526. The Labute approximate surface area is 168 Å². The van der Waals surface area contributed by atoms with Crippen LogP contribution in [-0.4, -0.2) is 12.7 Å². The van der Waals surface area contributed by atoms with Gasteiger partial charge in [-0.05, 0) is 69.1 Å². The minimum atomic E-state index is 0.526. The van der Waals surface area contributed by atoms with Crippen molar-refractivity contribution in [2.75, 3.05) is 6.61 Å². The molecule has 152 valence electrons. The highest BCUT2D eigenvalue weighted by atomic mass is 16.5. The minimum Gasteiger partial charge on any atom is -0.378 e. The zero-order valence-corrected chi connectivity index (χ0v) is 17.6. The highest BCUT2D eigenvalue weighted by Crippen LogP contribution is 2.34. The first-order chi connectivity index (χ1) is 13.3. The van der Waals surface area contributed by atoms with Crippen molar-refractivity contribution in [1.29, 1.82) is 5.26 Å². The van der Waals surface area contributed by atoms with Crippen LogP contribution in [0.5, 0.6) is 0 Å². The second-order valence-electron chi connectivity index (χ2n) is 8.85. The summed E-state index contributed by atoms with van der Waals surface area (Å²) in [5.41, 5.74) is 0. The van der Waals surface area contributed by atoms with E-state index in [9.17, 15) is 0 Å². The number of nitriles is 1. The number of allylic oxidation sites excluding steroid dienone is 4. The van der Waals surface area contributed by atoms with Crippen molar-refractivity contribution in [3.63, 3.8) is 0 Å². The fourth-order valence-electron chi connectivity index (χ4n) is 4.83. The van der Waals surface area contributed by atoms with Gasteiger partial charge in [-0.3, -0.25) is 0 Å². The molecule has 2 aliphatic carbocycles. The van der Waals surface area contributed by atoms with Crippen LogP contribution in [0.2, 0.25) is 0 Å². The van der Waals surface area contributed by atoms with Crippen LogP contribution in [0.3, 0.4) is 0 Å². The van der Waals surface area contributed by atoms with Gasteiger partial charge in [0.25, 0.3) is 0 Å². The van der Waals surface area contributed by atoms with E-state index in [1.54, 1.807) is 0 Å². The Morgan fingerprint density at radius 3 is 2.22 bits per heavy atom. The third kappa shape index (κ3) is 9.61. The molecule has 0 spiro atoms. The van der Waals surface area contributed by atoms with E-state index in [1.807, 2.05) is 18.2 Å². The van der Waals surface area contributed by atoms with Gasteiger partial charge < -0.3 is 4.74 Å². The first-order valence-electron chi connectivity index (χ1n) is 11.6. The van der Waals surface area contributed by atoms with Gasteiger partial charge in [0.05, 0.1) is 12.2 Å². The van der Waals surface area contributed by atoms with Crippen LogP contribution in [0, 0.1) is 29.1 Å². The van der Waals surface area contributed by atoms with Gasteiger partial charge in [-0.25, -0.2) is 0 Å². The van der Waals surface area contributed by atoms with E-state index in [-0.39, 0.29) is 0 Å². The number of nitrogens with zero attached hydrogens (tertiary/aromatic N) is 1. The molecule has 2 saturated carbocycles. The predicted molar refractivity (Wildman–Crippen MR) is 114 cm³/mol. The SMILES string of the molecule is CCCCC[C@H]1CC[C@H](COC2CCC(CCC=CC=CC#N)CC2)CC1. The summed E-state index contributed by atoms with van der Waals surface area (Å²) < 4.78 is 6.32. The summed E-state index contributed by atoms with van der Waals surface area (Å²) in [5.74, 6) is 2.71. The number of unbranched alkanes of at least 4 members (excludes halogenated alkanes) is 2. The van der Waals surface area contributed by atoms with Crippen LogP contribution in [0.4, 0.5) is 0 Å². The molecule has 0 unspecified atom stereocenters. The lowest BCUT2D eigenvalue weighted by Crippen LogP contribution is -2.26. The van der Waals surface area contributed by atoms with Crippen LogP contribution < -0.4 is 0 Å². The molecule has 0 heterocycles. The third-order valence-corrected chi connectivity index (χ3v) is 6.70. The second-order valence-corrected chi connectivity index (χ2v) is 8.85. The van der Waals surface area contributed by atoms with Gasteiger partial charge in [-0.2, -0.15) is 5.26 Å². The van der Waals surface area contributed by atoms with Gasteiger partial charge in [0, 0.05) is 12.7 Å². The molecule has 0 saturated heterocycles. The molecule has 0 amide bonds. The van der Waals surface area contributed by atoms with Crippen LogP contribution in [0.25, 0.3) is 0 Å². The molecule has 0 radical (unpaired) electrons. The van der Waals surface area contributed by atoms with Crippen molar-refractivity contribution in [3.8, 4) is 6.07 Å². The summed E-state index contributed by atoms with van der Waals surface area (Å²) in [6, 6.07) is 2.01. The molecule has 0 N–H and O–H groups in total. The van der Waals surface area contributed by atoms with E-state index in [2.05, 4.69) is 13.0 Å². The van der Waals surface area contributed by atoms with Gasteiger partial charge in [-0.1, -0.05) is 63.7 Å². The fraction of sp³-hybridized carbons (Fsp3) is 0.800. The van der Waals surface area contributed by atoms with E-state index in [0.29, 0.717) is 6.10 Å². The van der Waals surface area contributed by atoms with E-state index >= 15 is 0 Å². The maximum Gasteiger partial charge on any atom is 0.0912 e. The molecule has 0 aromatic heterocycles. The zero-order valence-electron chi connectivity index (χ0n) is 17.6. The maximum absolute atomic E-state index is 8.45. The quantitative estimate of drug-likeness (QED) is 0.216. The van der Waals surface area contributed by atoms with E-state index in [4.69, 9.17) is 10.00 Å². The van der Waals surface area contributed by atoms with Crippen molar-refractivity contribution >= 4 is 0 Å². The van der Waals surface area contributed by atoms with Gasteiger partial charge in [-0.15, -0.1) is 0 Å². The summed E-state index contributed by atoms with van der Waals surface area (Å²) in [7, 11) is 0. The Morgan fingerprint density at radius 1 is 0.852 bits per heavy atom. The number of ether oxygens (including phenoxy) is 1. The number of hydrogen-bond donors (Lipinski definition) is 0. The molecule has 2 heteroatoms. The lowest BCUT2D eigenvalue weighted by Gasteiger charge is -2.32. The van der Waals surface area contributed by atoms with Crippen LogP contribution in [0.15, 0.2) is 24.3 Å². The van der Waals surface area contributed by atoms with Crippen molar-refractivity contribution in [1.82, 2.24) is 0 Å². The average Bonchev–Trinajstić information content (AvgIpc) is 2.71. The fourth-order valence-corrected chi connectivity index (χ4v) is 4.83. The van der Waals surface area contributed by atoms with Crippen LogP contribution in [0.1, 0.15) is 96.8 Å². The van der Waals surface area contributed by atoms with Gasteiger partial charge in [0.1, 0.15) is 0 Å². The molecular weight excluding hydrogens is 330 g/mol. The Hall–Kier alpha value is -1.07. The lowest BCUT2D eigenvalue weighted by atomic mass is 9.80. The van der Waals surface area contributed by atoms with E-state index in [0.717, 1.165) is 30.8 Å². The molecular formula is C25H41NO. The van der Waals surface area contributed by atoms with Crippen molar-refractivity contribution in [2.45, 2.75) is 103 Å². The summed E-state index contributed by atoms with van der Waals surface area (Å²) in [6.07, 6.45) is 27.0. The van der Waals surface area contributed by atoms with Crippen molar-refractivity contribution in [2.24, 2.45) is 17.8 Å². The molecule has 0 atom stereocenters. The predicted octanol–water partition coefficient (Wildman–Crippen LogP) is 7.36. The largest absolute Gasteiger partial charge is 0.378 e. The first kappa shape index (κ1) is 22.2. The second kappa shape index (κ2) is 14.0.